The SMILES string of the molecule is COc1ccccc1/C=C/C(=O)Nc1ccc(O)c(C(=O)O)c1. The lowest BCUT2D eigenvalue weighted by molar-refractivity contribution is -0.111. The molecular weight excluding hydrogens is 298 g/mol. The van der Waals surface area contributed by atoms with Gasteiger partial charge in [-0.3, -0.25) is 4.79 Å². The van der Waals surface area contributed by atoms with Gasteiger partial charge in [-0.1, -0.05) is 18.2 Å². The highest BCUT2D eigenvalue weighted by Gasteiger charge is 2.10. The number of para-hydroxylation sites is 1. The van der Waals surface area contributed by atoms with Crippen molar-refractivity contribution in [2.45, 2.75) is 0 Å². The highest BCUT2D eigenvalue weighted by atomic mass is 16.5. The summed E-state index contributed by atoms with van der Waals surface area (Å²) in [5.74, 6) is -1.43. The third-order valence-electron chi connectivity index (χ3n) is 3.05. The summed E-state index contributed by atoms with van der Waals surface area (Å²) in [5, 5.41) is 20.9. The second kappa shape index (κ2) is 7.13. The number of nitrogens with one attached hydrogen (secondary N) is 1. The Kier molecular flexibility index (Phi) is 4.99. The summed E-state index contributed by atoms with van der Waals surface area (Å²) in [4.78, 5) is 22.8. The number of aromatic hydroxyl groups is 1. The van der Waals surface area contributed by atoms with Crippen LogP contribution in [0.5, 0.6) is 11.5 Å². The first kappa shape index (κ1) is 16.1. The van der Waals surface area contributed by atoms with Gasteiger partial charge in [0.05, 0.1) is 7.11 Å². The van der Waals surface area contributed by atoms with Crippen molar-refractivity contribution >= 4 is 23.6 Å². The summed E-state index contributed by atoms with van der Waals surface area (Å²) in [5.41, 5.74) is 0.730. The standard InChI is InChI=1S/C17H15NO5/c1-23-15-5-3-2-4-11(15)6-9-16(20)18-12-7-8-14(19)13(10-12)17(21)22/h2-10,19H,1H3,(H,18,20)(H,21,22)/b9-6+. The van der Waals surface area contributed by atoms with Gasteiger partial charge in [0.2, 0.25) is 5.91 Å². The van der Waals surface area contributed by atoms with E-state index in [4.69, 9.17) is 9.84 Å². The highest BCUT2D eigenvalue weighted by molar-refractivity contribution is 6.03. The molecule has 23 heavy (non-hydrogen) atoms. The van der Waals surface area contributed by atoms with Gasteiger partial charge in [-0.2, -0.15) is 0 Å². The maximum Gasteiger partial charge on any atom is 0.339 e. The molecule has 6 nitrogen and oxygen atoms in total. The molecule has 0 saturated heterocycles. The van der Waals surface area contributed by atoms with E-state index in [1.807, 2.05) is 12.1 Å². The van der Waals surface area contributed by atoms with Gasteiger partial charge in [0.1, 0.15) is 17.1 Å². The smallest absolute Gasteiger partial charge is 0.339 e. The fourth-order valence-electron chi connectivity index (χ4n) is 1.94. The fraction of sp³-hybridized carbons (Fsp3) is 0.0588. The Balaban J connectivity index is 2.12. The zero-order valence-electron chi connectivity index (χ0n) is 12.3. The van der Waals surface area contributed by atoms with Gasteiger partial charge >= 0.3 is 5.97 Å². The quantitative estimate of drug-likeness (QED) is 0.582. The molecule has 0 bridgehead atoms. The summed E-state index contributed by atoms with van der Waals surface area (Å²) in [6.07, 6.45) is 2.90. The molecule has 6 heteroatoms. The van der Waals surface area contributed by atoms with Crippen LogP contribution in [0.25, 0.3) is 6.08 Å². The van der Waals surface area contributed by atoms with Crippen LogP contribution in [0.4, 0.5) is 5.69 Å². The minimum Gasteiger partial charge on any atom is -0.507 e. The van der Waals surface area contributed by atoms with Crippen LogP contribution in [-0.2, 0) is 4.79 Å². The van der Waals surface area contributed by atoms with Crippen LogP contribution in [0, 0.1) is 0 Å². The average Bonchev–Trinajstić information content (AvgIpc) is 2.54. The summed E-state index contributed by atoms with van der Waals surface area (Å²) < 4.78 is 5.18. The van der Waals surface area contributed by atoms with E-state index in [-0.39, 0.29) is 17.0 Å². The molecule has 0 aliphatic heterocycles. The van der Waals surface area contributed by atoms with Gasteiger partial charge in [-0.05, 0) is 30.3 Å². The molecule has 2 aromatic rings. The molecule has 0 fully saturated rings. The molecule has 0 radical (unpaired) electrons. The first-order valence-corrected chi connectivity index (χ1v) is 6.69. The second-order valence-corrected chi connectivity index (χ2v) is 4.60. The molecule has 0 atom stereocenters. The summed E-state index contributed by atoms with van der Waals surface area (Å²) in [6.45, 7) is 0. The van der Waals surface area contributed by atoms with E-state index in [9.17, 15) is 14.7 Å². The number of phenols is 1. The van der Waals surface area contributed by atoms with Crippen LogP contribution in [0.2, 0.25) is 0 Å². The third kappa shape index (κ3) is 4.10. The number of rotatable bonds is 5. The molecule has 0 spiro atoms. The molecule has 0 saturated carbocycles. The second-order valence-electron chi connectivity index (χ2n) is 4.60. The number of carboxylic acid groups (broad SMARTS) is 1. The monoisotopic (exact) mass is 313 g/mol. The fourth-order valence-corrected chi connectivity index (χ4v) is 1.94. The molecule has 3 N–H and O–H groups in total. The van der Waals surface area contributed by atoms with E-state index in [0.717, 1.165) is 5.56 Å². The van der Waals surface area contributed by atoms with Crippen LogP contribution >= 0.6 is 0 Å². The zero-order chi connectivity index (χ0) is 16.8. The Morgan fingerprint density at radius 2 is 1.91 bits per heavy atom. The van der Waals surface area contributed by atoms with Crippen molar-refractivity contribution in [2.75, 3.05) is 12.4 Å². The van der Waals surface area contributed by atoms with Crippen molar-refractivity contribution in [1.82, 2.24) is 0 Å². The van der Waals surface area contributed by atoms with Crippen molar-refractivity contribution in [3.63, 3.8) is 0 Å². The van der Waals surface area contributed by atoms with Crippen LogP contribution in [0.3, 0.4) is 0 Å². The summed E-state index contributed by atoms with van der Waals surface area (Å²) >= 11 is 0. The van der Waals surface area contributed by atoms with Crippen molar-refractivity contribution in [1.29, 1.82) is 0 Å². The van der Waals surface area contributed by atoms with Gasteiger partial charge in [0.15, 0.2) is 0 Å². The van der Waals surface area contributed by atoms with E-state index >= 15 is 0 Å². The van der Waals surface area contributed by atoms with Crippen LogP contribution < -0.4 is 10.1 Å². The molecule has 2 rings (SSSR count). The number of methoxy groups -OCH3 is 1. The lowest BCUT2D eigenvalue weighted by Crippen LogP contribution is -2.08. The predicted octanol–water partition coefficient (Wildman–Crippen LogP) is 2.75. The number of carbonyl (C=O) groups is 2. The number of hydrogen-bond donors (Lipinski definition) is 3. The van der Waals surface area contributed by atoms with Crippen molar-refractivity contribution in [3.8, 4) is 11.5 Å². The van der Waals surface area contributed by atoms with Gasteiger partial charge in [0.25, 0.3) is 0 Å². The first-order chi connectivity index (χ1) is 11.0. The summed E-state index contributed by atoms with van der Waals surface area (Å²) in [7, 11) is 1.54. The van der Waals surface area contributed by atoms with E-state index in [1.165, 1.54) is 31.4 Å². The van der Waals surface area contributed by atoms with Crippen molar-refractivity contribution in [2.24, 2.45) is 0 Å². The number of carboxylic acids is 1. The Hall–Kier alpha value is -3.28. The maximum absolute atomic E-state index is 11.9. The lowest BCUT2D eigenvalue weighted by atomic mass is 10.1. The Bertz CT molecular complexity index is 767. The molecule has 0 aliphatic rings. The number of carbonyl (C=O) groups excluding carboxylic acids is 1. The van der Waals surface area contributed by atoms with E-state index in [2.05, 4.69) is 5.32 Å². The minimum absolute atomic E-state index is 0.273. The molecule has 0 heterocycles. The van der Waals surface area contributed by atoms with Gasteiger partial charge in [-0.25, -0.2) is 4.79 Å². The number of aromatic carboxylic acids is 1. The van der Waals surface area contributed by atoms with Crippen molar-refractivity contribution in [3.05, 3.63) is 59.7 Å². The molecule has 1 amide bonds. The van der Waals surface area contributed by atoms with Crippen LogP contribution in [0.15, 0.2) is 48.5 Å². The Morgan fingerprint density at radius 1 is 1.17 bits per heavy atom. The Labute approximate surface area is 132 Å². The summed E-state index contributed by atoms with van der Waals surface area (Å²) in [6, 6.07) is 11.0. The molecule has 0 unspecified atom stereocenters. The van der Waals surface area contributed by atoms with E-state index in [1.54, 1.807) is 18.2 Å². The predicted molar refractivity (Wildman–Crippen MR) is 85.7 cm³/mol. The third-order valence-corrected chi connectivity index (χ3v) is 3.05. The molecule has 118 valence electrons. The lowest BCUT2D eigenvalue weighted by Gasteiger charge is -2.06. The van der Waals surface area contributed by atoms with Gasteiger partial charge in [0, 0.05) is 17.3 Å². The van der Waals surface area contributed by atoms with Crippen LogP contribution in [0.1, 0.15) is 15.9 Å². The molecule has 2 aromatic carbocycles. The van der Waals surface area contributed by atoms with Crippen molar-refractivity contribution < 1.29 is 24.5 Å². The number of anilines is 1. The van der Waals surface area contributed by atoms with E-state index < -0.39 is 11.9 Å². The van der Waals surface area contributed by atoms with Gasteiger partial charge < -0.3 is 20.3 Å². The maximum atomic E-state index is 11.9. The number of amides is 1. The first-order valence-electron chi connectivity index (χ1n) is 6.69. The highest BCUT2D eigenvalue weighted by Crippen LogP contribution is 2.22. The topological polar surface area (TPSA) is 95.9 Å². The normalized spacial score (nSPS) is 10.5. The van der Waals surface area contributed by atoms with E-state index in [0.29, 0.717) is 5.75 Å². The van der Waals surface area contributed by atoms with Gasteiger partial charge in [-0.15, -0.1) is 0 Å². The van der Waals surface area contributed by atoms with Crippen LogP contribution in [-0.4, -0.2) is 29.2 Å². The number of ether oxygens (including phenoxy) is 1. The number of hydrogen-bond acceptors (Lipinski definition) is 4. The minimum atomic E-state index is -1.27. The molecule has 0 aromatic heterocycles. The zero-order valence-corrected chi connectivity index (χ0v) is 12.3. The largest absolute Gasteiger partial charge is 0.507 e. The molecular formula is C17H15NO5. The Morgan fingerprint density at radius 3 is 2.61 bits per heavy atom. The number of benzene rings is 2. The average molecular weight is 313 g/mol. The molecule has 0 aliphatic carbocycles.